The maximum absolute atomic E-state index is 13.0. The number of hydrogen-bond acceptors (Lipinski definition) is 1. The van der Waals surface area contributed by atoms with Gasteiger partial charge in [-0.15, -0.1) is 0 Å². The molecule has 0 spiro atoms. The highest BCUT2D eigenvalue weighted by atomic mass is 127. The van der Waals surface area contributed by atoms with Crippen molar-refractivity contribution < 1.29 is 4.39 Å². The van der Waals surface area contributed by atoms with Crippen LogP contribution in [0.1, 0.15) is 0 Å². The maximum Gasteiger partial charge on any atom is 0.155 e. The van der Waals surface area contributed by atoms with Gasteiger partial charge in [0.2, 0.25) is 0 Å². The molecule has 1 heterocycles. The van der Waals surface area contributed by atoms with Crippen molar-refractivity contribution in [1.29, 1.82) is 0 Å². The first-order valence-corrected chi connectivity index (χ1v) is 4.56. The van der Waals surface area contributed by atoms with Gasteiger partial charge in [0, 0.05) is 5.39 Å². The molecule has 0 fully saturated rings. The minimum atomic E-state index is -0.255. The molecule has 0 atom stereocenters. The molecule has 0 aliphatic rings. The SMILES string of the molecule is Fc1cc2ccccc2nc1I. The van der Waals surface area contributed by atoms with E-state index in [9.17, 15) is 4.39 Å². The number of rotatable bonds is 0. The average molecular weight is 273 g/mol. The molecule has 1 aromatic carbocycles. The van der Waals surface area contributed by atoms with E-state index in [1.807, 2.05) is 46.9 Å². The third kappa shape index (κ3) is 1.29. The molecule has 0 aliphatic carbocycles. The van der Waals surface area contributed by atoms with Gasteiger partial charge in [-0.25, -0.2) is 9.37 Å². The second kappa shape index (κ2) is 2.97. The molecule has 12 heavy (non-hydrogen) atoms. The van der Waals surface area contributed by atoms with E-state index in [1.54, 1.807) is 0 Å². The fraction of sp³-hybridized carbons (Fsp3) is 0. The van der Waals surface area contributed by atoms with Gasteiger partial charge in [-0.05, 0) is 34.7 Å². The van der Waals surface area contributed by atoms with Crippen molar-refractivity contribution in [1.82, 2.24) is 4.98 Å². The lowest BCUT2D eigenvalue weighted by Gasteiger charge is -1.97. The van der Waals surface area contributed by atoms with Crippen molar-refractivity contribution in [2.45, 2.75) is 0 Å². The Morgan fingerprint density at radius 2 is 2.00 bits per heavy atom. The second-order valence-corrected chi connectivity index (χ2v) is 3.48. The lowest BCUT2D eigenvalue weighted by Crippen LogP contribution is -1.87. The highest BCUT2D eigenvalue weighted by molar-refractivity contribution is 14.1. The number of fused-ring (bicyclic) bond motifs is 1. The summed E-state index contributed by atoms with van der Waals surface area (Å²) < 4.78 is 13.4. The summed E-state index contributed by atoms with van der Waals surface area (Å²) in [5, 5.41) is 0.843. The predicted molar refractivity (Wildman–Crippen MR) is 54.4 cm³/mol. The van der Waals surface area contributed by atoms with Crippen LogP contribution >= 0.6 is 22.6 Å². The molecule has 3 heteroatoms. The van der Waals surface area contributed by atoms with E-state index in [0.29, 0.717) is 3.70 Å². The molecule has 2 aromatic rings. The van der Waals surface area contributed by atoms with Crippen LogP contribution in [0.2, 0.25) is 0 Å². The van der Waals surface area contributed by atoms with Crippen LogP contribution < -0.4 is 0 Å². The van der Waals surface area contributed by atoms with Crippen molar-refractivity contribution in [2.24, 2.45) is 0 Å². The van der Waals surface area contributed by atoms with Crippen molar-refractivity contribution in [3.8, 4) is 0 Å². The van der Waals surface area contributed by atoms with Crippen LogP contribution in [0.25, 0.3) is 10.9 Å². The molecule has 0 saturated carbocycles. The summed E-state index contributed by atoms with van der Waals surface area (Å²) in [6, 6.07) is 8.99. The number of aromatic nitrogens is 1. The standard InChI is InChI=1S/C9H5FIN/c10-7-5-6-3-1-2-4-8(6)12-9(7)11/h1-5H. The van der Waals surface area contributed by atoms with E-state index in [4.69, 9.17) is 0 Å². The van der Waals surface area contributed by atoms with Gasteiger partial charge in [-0.3, -0.25) is 0 Å². The number of hydrogen-bond donors (Lipinski definition) is 0. The van der Waals surface area contributed by atoms with Crippen molar-refractivity contribution in [2.75, 3.05) is 0 Å². The van der Waals surface area contributed by atoms with Crippen LogP contribution in [0.15, 0.2) is 30.3 Å². The van der Waals surface area contributed by atoms with Gasteiger partial charge in [-0.2, -0.15) is 0 Å². The minimum Gasteiger partial charge on any atom is -0.239 e. The molecule has 2 rings (SSSR count). The zero-order valence-corrected chi connectivity index (χ0v) is 8.25. The molecule has 1 aromatic heterocycles. The molecular formula is C9H5FIN. The van der Waals surface area contributed by atoms with Crippen LogP contribution in [0, 0.1) is 9.52 Å². The second-order valence-electron chi connectivity index (χ2n) is 2.45. The fourth-order valence-corrected chi connectivity index (χ4v) is 1.48. The highest BCUT2D eigenvalue weighted by Gasteiger charge is 2.01. The third-order valence-corrected chi connectivity index (χ3v) is 2.39. The normalized spacial score (nSPS) is 10.5. The Hall–Kier alpha value is -0.710. The molecule has 0 radical (unpaired) electrons. The van der Waals surface area contributed by atoms with E-state index < -0.39 is 0 Å². The van der Waals surface area contributed by atoms with E-state index in [2.05, 4.69) is 4.98 Å². The predicted octanol–water partition coefficient (Wildman–Crippen LogP) is 2.98. The molecule has 0 bridgehead atoms. The van der Waals surface area contributed by atoms with E-state index in [1.165, 1.54) is 6.07 Å². The minimum absolute atomic E-state index is 0.255. The summed E-state index contributed by atoms with van der Waals surface area (Å²) in [5.41, 5.74) is 0.836. The summed E-state index contributed by atoms with van der Waals surface area (Å²) in [4.78, 5) is 4.09. The monoisotopic (exact) mass is 273 g/mol. The molecule has 0 aliphatic heterocycles. The Kier molecular flexibility index (Phi) is 1.96. The van der Waals surface area contributed by atoms with Crippen LogP contribution in [-0.4, -0.2) is 4.98 Å². The van der Waals surface area contributed by atoms with Gasteiger partial charge < -0.3 is 0 Å². The van der Waals surface area contributed by atoms with Crippen LogP contribution in [0.5, 0.6) is 0 Å². The van der Waals surface area contributed by atoms with Crippen LogP contribution in [-0.2, 0) is 0 Å². The number of benzene rings is 1. The molecule has 0 amide bonds. The lowest BCUT2D eigenvalue weighted by atomic mass is 10.2. The van der Waals surface area contributed by atoms with Crippen molar-refractivity contribution >= 4 is 33.5 Å². The Bertz CT molecular complexity index is 387. The zero-order valence-electron chi connectivity index (χ0n) is 6.09. The number of nitrogens with zero attached hydrogens (tertiary/aromatic N) is 1. The Balaban J connectivity index is 2.84. The molecule has 0 N–H and O–H groups in total. The molecule has 0 unspecified atom stereocenters. The van der Waals surface area contributed by atoms with Gasteiger partial charge in [0.15, 0.2) is 5.82 Å². The smallest absolute Gasteiger partial charge is 0.155 e. The summed E-state index contributed by atoms with van der Waals surface area (Å²) in [5.74, 6) is -0.255. The number of para-hydroxylation sites is 1. The largest absolute Gasteiger partial charge is 0.239 e. The highest BCUT2D eigenvalue weighted by Crippen LogP contribution is 2.16. The summed E-state index contributed by atoms with van der Waals surface area (Å²) in [6.07, 6.45) is 0. The first kappa shape index (κ1) is 7.91. The topological polar surface area (TPSA) is 12.9 Å². The zero-order chi connectivity index (χ0) is 8.55. The van der Waals surface area contributed by atoms with Crippen LogP contribution in [0.3, 0.4) is 0 Å². The quantitative estimate of drug-likeness (QED) is 0.531. The lowest BCUT2D eigenvalue weighted by molar-refractivity contribution is 0.615. The Morgan fingerprint density at radius 3 is 2.83 bits per heavy atom. The van der Waals surface area contributed by atoms with Gasteiger partial charge in [0.25, 0.3) is 0 Å². The summed E-state index contributed by atoms with van der Waals surface area (Å²) in [7, 11) is 0. The molecule has 0 saturated heterocycles. The summed E-state index contributed by atoms with van der Waals surface area (Å²) >= 11 is 1.89. The number of pyridine rings is 1. The van der Waals surface area contributed by atoms with Crippen molar-refractivity contribution in [3.05, 3.63) is 39.8 Å². The fourth-order valence-electron chi connectivity index (χ4n) is 1.07. The van der Waals surface area contributed by atoms with Crippen LogP contribution in [0.4, 0.5) is 4.39 Å². The third-order valence-electron chi connectivity index (χ3n) is 1.63. The number of halogens is 2. The Morgan fingerprint density at radius 1 is 1.25 bits per heavy atom. The first-order chi connectivity index (χ1) is 5.77. The van der Waals surface area contributed by atoms with Crippen molar-refractivity contribution in [3.63, 3.8) is 0 Å². The van der Waals surface area contributed by atoms with Gasteiger partial charge in [-0.1, -0.05) is 18.2 Å². The van der Waals surface area contributed by atoms with Gasteiger partial charge >= 0.3 is 0 Å². The molecule has 60 valence electrons. The van der Waals surface area contributed by atoms with E-state index in [-0.39, 0.29) is 5.82 Å². The first-order valence-electron chi connectivity index (χ1n) is 3.48. The average Bonchev–Trinajstić information content (AvgIpc) is 2.07. The van der Waals surface area contributed by atoms with E-state index >= 15 is 0 Å². The van der Waals surface area contributed by atoms with Gasteiger partial charge in [0.05, 0.1) is 5.52 Å². The Labute approximate surface area is 82.8 Å². The maximum atomic E-state index is 13.0. The molecular weight excluding hydrogens is 268 g/mol. The molecule has 1 nitrogen and oxygen atoms in total. The summed E-state index contributed by atoms with van der Waals surface area (Å²) in [6.45, 7) is 0. The van der Waals surface area contributed by atoms with Gasteiger partial charge in [0.1, 0.15) is 3.70 Å². The van der Waals surface area contributed by atoms with E-state index in [0.717, 1.165) is 10.9 Å².